The van der Waals surface area contributed by atoms with Gasteiger partial charge in [0.25, 0.3) is 0 Å². The molecule has 1 aromatic rings. The Hall–Kier alpha value is -1.15. The van der Waals surface area contributed by atoms with Gasteiger partial charge in [0.05, 0.1) is 0 Å². The van der Waals surface area contributed by atoms with Crippen LogP contribution in [0.1, 0.15) is 57.2 Å². The van der Waals surface area contributed by atoms with Crippen LogP contribution in [0.4, 0.5) is 0 Å². The van der Waals surface area contributed by atoms with Gasteiger partial charge in [-0.3, -0.25) is 4.98 Å². The van der Waals surface area contributed by atoms with Crippen LogP contribution in [0.5, 0.6) is 0 Å². The third-order valence-corrected chi connectivity index (χ3v) is 3.33. The molecule has 1 unspecified atom stereocenters. The molecule has 0 aliphatic carbocycles. The average molecular weight is 246 g/mol. The summed E-state index contributed by atoms with van der Waals surface area (Å²) < 4.78 is 0. The Morgan fingerprint density at radius 2 is 2.17 bits per heavy atom. The molecule has 1 N–H and O–H groups in total. The van der Waals surface area contributed by atoms with E-state index in [0.717, 1.165) is 32.2 Å². The second-order valence-corrected chi connectivity index (χ2v) is 4.74. The zero-order valence-electron chi connectivity index (χ0n) is 12.0. The number of aryl methyl sites for hydroxylation is 1. The summed E-state index contributed by atoms with van der Waals surface area (Å²) in [5, 5.41) is 3.64. The Morgan fingerprint density at radius 1 is 1.39 bits per heavy atom. The molecule has 1 aromatic heterocycles. The molecule has 2 nitrogen and oxygen atoms in total. The molecule has 100 valence electrons. The normalized spacial score (nSPS) is 12.4. The van der Waals surface area contributed by atoms with Gasteiger partial charge in [0.15, 0.2) is 0 Å². The number of nitrogens with zero attached hydrogens (tertiary/aromatic N) is 1. The number of nitrogens with one attached hydrogen (secondary N) is 1. The van der Waals surface area contributed by atoms with E-state index < -0.39 is 0 Å². The van der Waals surface area contributed by atoms with Crippen LogP contribution in [0.2, 0.25) is 0 Å². The molecule has 1 heterocycles. The van der Waals surface area contributed by atoms with Gasteiger partial charge in [0.1, 0.15) is 0 Å². The lowest BCUT2D eigenvalue weighted by Crippen LogP contribution is -2.23. The molecule has 0 aliphatic rings. The minimum absolute atomic E-state index is 0.385. The van der Waals surface area contributed by atoms with Gasteiger partial charge in [-0.25, -0.2) is 0 Å². The second kappa shape index (κ2) is 8.04. The Bertz CT molecular complexity index is 371. The molecular weight excluding hydrogens is 220 g/mol. The van der Waals surface area contributed by atoms with E-state index in [0.29, 0.717) is 6.04 Å². The topological polar surface area (TPSA) is 24.9 Å². The number of pyridine rings is 1. The van der Waals surface area contributed by atoms with Gasteiger partial charge in [-0.15, -0.1) is 0 Å². The van der Waals surface area contributed by atoms with Gasteiger partial charge < -0.3 is 5.32 Å². The molecule has 0 radical (unpaired) electrons. The van der Waals surface area contributed by atoms with Crippen molar-refractivity contribution >= 4 is 0 Å². The molecule has 0 aliphatic heterocycles. The third-order valence-electron chi connectivity index (χ3n) is 3.33. The molecule has 0 saturated carbocycles. The van der Waals surface area contributed by atoms with Crippen LogP contribution in [0.15, 0.2) is 30.6 Å². The van der Waals surface area contributed by atoms with Gasteiger partial charge in [0, 0.05) is 18.4 Å². The van der Waals surface area contributed by atoms with Crippen molar-refractivity contribution < 1.29 is 0 Å². The highest BCUT2D eigenvalue weighted by atomic mass is 14.9. The van der Waals surface area contributed by atoms with E-state index in [1.165, 1.54) is 16.7 Å². The van der Waals surface area contributed by atoms with Gasteiger partial charge in [-0.05, 0) is 49.4 Å². The third kappa shape index (κ3) is 4.26. The van der Waals surface area contributed by atoms with E-state index in [2.05, 4.69) is 43.7 Å². The van der Waals surface area contributed by atoms with E-state index in [4.69, 9.17) is 0 Å². The minimum Gasteiger partial charge on any atom is -0.310 e. The van der Waals surface area contributed by atoms with Crippen molar-refractivity contribution in [3.05, 3.63) is 41.7 Å². The number of hydrogen-bond acceptors (Lipinski definition) is 2. The molecule has 18 heavy (non-hydrogen) atoms. The summed E-state index contributed by atoms with van der Waals surface area (Å²) in [5.41, 5.74) is 4.04. The number of aromatic nitrogens is 1. The van der Waals surface area contributed by atoms with Gasteiger partial charge in [0.2, 0.25) is 0 Å². The molecule has 0 bridgehead atoms. The van der Waals surface area contributed by atoms with E-state index in [-0.39, 0.29) is 0 Å². The summed E-state index contributed by atoms with van der Waals surface area (Å²) in [7, 11) is 0. The predicted octanol–water partition coefficient (Wildman–Crippen LogP) is 4.04. The first-order chi connectivity index (χ1) is 8.72. The quantitative estimate of drug-likeness (QED) is 0.700. The van der Waals surface area contributed by atoms with Crippen molar-refractivity contribution in [1.82, 2.24) is 10.3 Å². The van der Waals surface area contributed by atoms with E-state index in [1.807, 2.05) is 12.4 Å². The average Bonchev–Trinajstić information content (AvgIpc) is 2.43. The fourth-order valence-electron chi connectivity index (χ4n) is 2.12. The van der Waals surface area contributed by atoms with Gasteiger partial charge in [-0.1, -0.05) is 32.9 Å². The van der Waals surface area contributed by atoms with Gasteiger partial charge in [-0.2, -0.15) is 0 Å². The SMILES string of the molecule is C=C(CC)CC(NCCC)c1ccncc1CC. The Balaban J connectivity index is 2.89. The van der Waals surface area contributed by atoms with Crippen LogP contribution in [-0.2, 0) is 6.42 Å². The summed E-state index contributed by atoms with van der Waals surface area (Å²) in [6.07, 6.45) is 8.15. The number of rotatable bonds is 8. The van der Waals surface area contributed by atoms with E-state index in [1.54, 1.807) is 0 Å². The minimum atomic E-state index is 0.385. The second-order valence-electron chi connectivity index (χ2n) is 4.74. The lowest BCUT2D eigenvalue weighted by molar-refractivity contribution is 0.520. The summed E-state index contributed by atoms with van der Waals surface area (Å²) in [4.78, 5) is 4.23. The van der Waals surface area contributed by atoms with Crippen molar-refractivity contribution in [1.29, 1.82) is 0 Å². The first kappa shape index (κ1) is 14.9. The van der Waals surface area contributed by atoms with Gasteiger partial charge >= 0.3 is 0 Å². The van der Waals surface area contributed by atoms with Crippen molar-refractivity contribution in [3.8, 4) is 0 Å². The largest absolute Gasteiger partial charge is 0.310 e. The van der Waals surface area contributed by atoms with Crippen LogP contribution in [0.25, 0.3) is 0 Å². The first-order valence-corrected chi connectivity index (χ1v) is 7.05. The first-order valence-electron chi connectivity index (χ1n) is 7.05. The zero-order chi connectivity index (χ0) is 13.4. The molecule has 1 rings (SSSR count). The molecule has 0 fully saturated rings. The van der Waals surface area contributed by atoms with Crippen molar-refractivity contribution in [2.75, 3.05) is 6.54 Å². The Kier molecular flexibility index (Phi) is 6.66. The molecular formula is C16H26N2. The Morgan fingerprint density at radius 3 is 2.78 bits per heavy atom. The molecule has 1 atom stereocenters. The summed E-state index contributed by atoms with van der Waals surface area (Å²) in [5.74, 6) is 0. The van der Waals surface area contributed by atoms with Crippen molar-refractivity contribution in [3.63, 3.8) is 0 Å². The zero-order valence-corrected chi connectivity index (χ0v) is 12.0. The maximum atomic E-state index is 4.23. The Labute approximate surface area is 112 Å². The highest BCUT2D eigenvalue weighted by Crippen LogP contribution is 2.24. The number of hydrogen-bond donors (Lipinski definition) is 1. The monoisotopic (exact) mass is 246 g/mol. The molecule has 0 saturated heterocycles. The maximum absolute atomic E-state index is 4.23. The standard InChI is InChI=1S/C16H26N2/c1-5-9-18-16(11-13(4)6-2)15-8-10-17-12-14(15)7-3/h8,10,12,16,18H,4-7,9,11H2,1-3H3. The van der Waals surface area contributed by atoms with Crippen molar-refractivity contribution in [2.24, 2.45) is 0 Å². The van der Waals surface area contributed by atoms with Crippen LogP contribution < -0.4 is 5.32 Å². The highest BCUT2D eigenvalue weighted by Gasteiger charge is 2.14. The molecule has 0 spiro atoms. The lowest BCUT2D eigenvalue weighted by atomic mass is 9.94. The van der Waals surface area contributed by atoms with Crippen LogP contribution in [0, 0.1) is 0 Å². The van der Waals surface area contributed by atoms with Crippen LogP contribution >= 0.6 is 0 Å². The summed E-state index contributed by atoms with van der Waals surface area (Å²) in [6.45, 7) is 11.8. The summed E-state index contributed by atoms with van der Waals surface area (Å²) in [6, 6.07) is 2.53. The summed E-state index contributed by atoms with van der Waals surface area (Å²) >= 11 is 0. The maximum Gasteiger partial charge on any atom is 0.0361 e. The van der Waals surface area contributed by atoms with Crippen LogP contribution in [-0.4, -0.2) is 11.5 Å². The smallest absolute Gasteiger partial charge is 0.0361 e. The lowest BCUT2D eigenvalue weighted by Gasteiger charge is -2.22. The van der Waals surface area contributed by atoms with Crippen molar-refractivity contribution in [2.45, 2.75) is 52.5 Å². The molecule has 0 aromatic carbocycles. The molecule has 0 amide bonds. The van der Waals surface area contributed by atoms with Crippen LogP contribution in [0.3, 0.4) is 0 Å². The highest BCUT2D eigenvalue weighted by molar-refractivity contribution is 5.28. The predicted molar refractivity (Wildman–Crippen MR) is 78.7 cm³/mol. The van der Waals surface area contributed by atoms with E-state index >= 15 is 0 Å². The molecule has 2 heteroatoms. The van der Waals surface area contributed by atoms with E-state index in [9.17, 15) is 0 Å². The fraction of sp³-hybridized carbons (Fsp3) is 0.562. The fourth-order valence-corrected chi connectivity index (χ4v) is 2.12.